The third kappa shape index (κ3) is 2.82. The molecule has 7 heteroatoms. The molecular weight excluding hydrogens is 284 g/mol. The van der Waals surface area contributed by atoms with Crippen LogP contribution >= 0.6 is 23.1 Å². The third-order valence-electron chi connectivity index (χ3n) is 2.91. The second-order valence-corrected chi connectivity index (χ2v) is 6.80. The molecule has 0 amide bonds. The minimum atomic E-state index is -0.865. The Labute approximate surface area is 118 Å². The number of carbonyl (C=O) groups is 1. The smallest absolute Gasteiger partial charge is 0.316 e. The average Bonchev–Trinajstić information content (AvgIpc) is 2.62. The van der Waals surface area contributed by atoms with E-state index in [0.717, 1.165) is 15.3 Å². The molecule has 19 heavy (non-hydrogen) atoms. The van der Waals surface area contributed by atoms with E-state index in [0.29, 0.717) is 17.0 Å². The molecule has 2 N–H and O–H groups in total. The van der Waals surface area contributed by atoms with E-state index in [4.69, 9.17) is 5.11 Å². The van der Waals surface area contributed by atoms with Crippen molar-refractivity contribution in [1.29, 1.82) is 0 Å². The fourth-order valence-electron chi connectivity index (χ4n) is 1.64. The molecule has 0 aromatic carbocycles. The molecule has 0 bridgehead atoms. The van der Waals surface area contributed by atoms with Crippen molar-refractivity contribution in [2.24, 2.45) is 0 Å². The van der Waals surface area contributed by atoms with Gasteiger partial charge in [-0.05, 0) is 26.3 Å². The topological polar surface area (TPSA) is 83.0 Å². The summed E-state index contributed by atoms with van der Waals surface area (Å²) in [5.74, 6) is 0.0438. The van der Waals surface area contributed by atoms with Crippen molar-refractivity contribution in [2.75, 3.05) is 0 Å². The zero-order valence-electron chi connectivity index (χ0n) is 10.8. The van der Waals surface area contributed by atoms with Crippen LogP contribution in [0.3, 0.4) is 0 Å². The highest BCUT2D eigenvalue weighted by Crippen LogP contribution is 2.26. The van der Waals surface area contributed by atoms with Crippen molar-refractivity contribution in [2.45, 2.75) is 31.8 Å². The molecule has 5 nitrogen and oxygen atoms in total. The first-order valence-corrected chi connectivity index (χ1v) is 7.60. The number of rotatable bonds is 4. The molecule has 102 valence electrons. The van der Waals surface area contributed by atoms with Crippen LogP contribution < -0.4 is 5.56 Å². The molecular formula is C12H14N2O3S2. The summed E-state index contributed by atoms with van der Waals surface area (Å²) in [5.41, 5.74) is 0.817. The SMILES string of the molecule is Cc1sc2nc(CS[C@@H](C)C(=O)O)[nH]c(=O)c2c1C. The van der Waals surface area contributed by atoms with Gasteiger partial charge in [0.05, 0.1) is 16.4 Å². The lowest BCUT2D eigenvalue weighted by molar-refractivity contribution is -0.136. The summed E-state index contributed by atoms with van der Waals surface area (Å²) < 4.78 is 0. The van der Waals surface area contributed by atoms with E-state index in [1.165, 1.54) is 23.1 Å². The number of nitrogens with zero attached hydrogens (tertiary/aromatic N) is 1. The van der Waals surface area contributed by atoms with Gasteiger partial charge in [0, 0.05) is 4.88 Å². The zero-order valence-corrected chi connectivity index (χ0v) is 12.4. The Balaban J connectivity index is 2.31. The van der Waals surface area contributed by atoms with Gasteiger partial charge in [-0.2, -0.15) is 0 Å². The first-order chi connectivity index (χ1) is 8.90. The number of aliphatic carboxylic acids is 1. The molecule has 2 rings (SSSR count). The van der Waals surface area contributed by atoms with Gasteiger partial charge in [0.25, 0.3) is 5.56 Å². The molecule has 0 aliphatic rings. The summed E-state index contributed by atoms with van der Waals surface area (Å²) in [6.07, 6.45) is 0. The minimum absolute atomic E-state index is 0.148. The van der Waals surface area contributed by atoms with Crippen LogP contribution in [-0.4, -0.2) is 26.3 Å². The lowest BCUT2D eigenvalue weighted by Gasteiger charge is -2.05. The van der Waals surface area contributed by atoms with Gasteiger partial charge >= 0.3 is 5.97 Å². The number of aromatic amines is 1. The summed E-state index contributed by atoms with van der Waals surface area (Å²) in [5, 5.41) is 8.94. The van der Waals surface area contributed by atoms with E-state index < -0.39 is 11.2 Å². The van der Waals surface area contributed by atoms with Gasteiger partial charge in [0.2, 0.25) is 0 Å². The van der Waals surface area contributed by atoms with Crippen LogP contribution in [0.1, 0.15) is 23.2 Å². The zero-order chi connectivity index (χ0) is 14.2. The number of carboxylic acid groups (broad SMARTS) is 1. The molecule has 0 spiro atoms. The van der Waals surface area contributed by atoms with E-state index in [9.17, 15) is 9.59 Å². The number of fused-ring (bicyclic) bond motifs is 1. The van der Waals surface area contributed by atoms with E-state index in [1.54, 1.807) is 6.92 Å². The Kier molecular flexibility index (Phi) is 3.96. The molecule has 0 aliphatic carbocycles. The summed E-state index contributed by atoms with van der Waals surface area (Å²) in [6, 6.07) is 0. The molecule has 2 aromatic rings. The Morgan fingerprint density at radius 1 is 1.53 bits per heavy atom. The molecule has 0 saturated heterocycles. The normalized spacial score (nSPS) is 12.8. The monoisotopic (exact) mass is 298 g/mol. The van der Waals surface area contributed by atoms with Crippen LogP contribution in [0.4, 0.5) is 0 Å². The molecule has 0 saturated carbocycles. The van der Waals surface area contributed by atoms with Gasteiger partial charge < -0.3 is 10.1 Å². The average molecular weight is 298 g/mol. The number of hydrogen-bond donors (Lipinski definition) is 2. The summed E-state index contributed by atoms with van der Waals surface area (Å²) >= 11 is 2.73. The Morgan fingerprint density at radius 3 is 2.84 bits per heavy atom. The maximum absolute atomic E-state index is 12.0. The molecule has 0 aliphatic heterocycles. The van der Waals surface area contributed by atoms with Crippen LogP contribution in [0, 0.1) is 13.8 Å². The predicted molar refractivity (Wildman–Crippen MR) is 78.1 cm³/mol. The van der Waals surface area contributed by atoms with Gasteiger partial charge in [0.15, 0.2) is 0 Å². The van der Waals surface area contributed by atoms with Crippen molar-refractivity contribution in [3.8, 4) is 0 Å². The van der Waals surface area contributed by atoms with Crippen molar-refractivity contribution in [1.82, 2.24) is 9.97 Å². The third-order valence-corrected chi connectivity index (χ3v) is 5.15. The molecule has 2 heterocycles. The lowest BCUT2D eigenvalue weighted by atomic mass is 10.2. The predicted octanol–water partition coefficient (Wildman–Crippen LogP) is 2.31. The minimum Gasteiger partial charge on any atom is -0.480 e. The van der Waals surface area contributed by atoms with Crippen LogP contribution in [0.5, 0.6) is 0 Å². The summed E-state index contributed by atoms with van der Waals surface area (Å²) in [7, 11) is 0. The number of nitrogens with one attached hydrogen (secondary N) is 1. The highest BCUT2D eigenvalue weighted by Gasteiger charge is 2.14. The Bertz CT molecular complexity index is 690. The van der Waals surface area contributed by atoms with Crippen molar-refractivity contribution in [3.05, 3.63) is 26.6 Å². The van der Waals surface area contributed by atoms with Crippen molar-refractivity contribution < 1.29 is 9.90 Å². The highest BCUT2D eigenvalue weighted by atomic mass is 32.2. The summed E-state index contributed by atoms with van der Waals surface area (Å²) in [4.78, 5) is 31.7. The van der Waals surface area contributed by atoms with E-state index in [2.05, 4.69) is 9.97 Å². The quantitative estimate of drug-likeness (QED) is 0.905. The second kappa shape index (κ2) is 5.34. The fourth-order valence-corrected chi connectivity index (χ4v) is 3.38. The Hall–Kier alpha value is -1.34. The number of carboxylic acids is 1. The van der Waals surface area contributed by atoms with Crippen LogP contribution in [0.15, 0.2) is 4.79 Å². The molecule has 0 radical (unpaired) electrons. The maximum Gasteiger partial charge on any atom is 0.316 e. The molecule has 0 unspecified atom stereocenters. The van der Waals surface area contributed by atoms with Crippen molar-refractivity contribution in [3.63, 3.8) is 0 Å². The number of thioether (sulfide) groups is 1. The lowest BCUT2D eigenvalue weighted by Crippen LogP contribution is -2.14. The van der Waals surface area contributed by atoms with Gasteiger partial charge in [-0.3, -0.25) is 9.59 Å². The van der Waals surface area contributed by atoms with E-state index in [1.807, 2.05) is 13.8 Å². The maximum atomic E-state index is 12.0. The standard InChI is InChI=1S/C12H14N2O3S2/c1-5-6(2)19-11-9(5)10(15)13-8(14-11)4-18-7(3)12(16)17/h7H,4H2,1-3H3,(H,16,17)(H,13,14,15)/t7-/m0/s1. The molecule has 1 atom stereocenters. The number of H-pyrrole nitrogens is 1. The first kappa shape index (κ1) is 14.1. The van der Waals surface area contributed by atoms with Gasteiger partial charge in [-0.1, -0.05) is 0 Å². The second-order valence-electron chi connectivity index (χ2n) is 4.27. The number of aryl methyl sites for hydroxylation is 2. The van der Waals surface area contributed by atoms with Crippen molar-refractivity contribution >= 4 is 39.3 Å². The highest BCUT2D eigenvalue weighted by molar-refractivity contribution is 7.99. The number of hydrogen-bond acceptors (Lipinski definition) is 5. The van der Waals surface area contributed by atoms with Gasteiger partial charge in [-0.25, -0.2) is 4.98 Å². The first-order valence-electron chi connectivity index (χ1n) is 5.73. The molecule has 2 aromatic heterocycles. The Morgan fingerprint density at radius 2 is 2.21 bits per heavy atom. The van der Waals surface area contributed by atoms with Crippen LogP contribution in [0.25, 0.3) is 10.2 Å². The van der Waals surface area contributed by atoms with E-state index in [-0.39, 0.29) is 5.56 Å². The van der Waals surface area contributed by atoms with Gasteiger partial charge in [0.1, 0.15) is 10.7 Å². The van der Waals surface area contributed by atoms with Crippen LogP contribution in [-0.2, 0) is 10.5 Å². The largest absolute Gasteiger partial charge is 0.480 e. The van der Waals surface area contributed by atoms with Crippen LogP contribution in [0.2, 0.25) is 0 Å². The van der Waals surface area contributed by atoms with E-state index >= 15 is 0 Å². The fraction of sp³-hybridized carbons (Fsp3) is 0.417. The number of thiophene rings is 1. The van der Waals surface area contributed by atoms with Gasteiger partial charge in [-0.15, -0.1) is 23.1 Å². The molecule has 0 fully saturated rings. The number of aromatic nitrogens is 2. The summed E-state index contributed by atoms with van der Waals surface area (Å²) in [6.45, 7) is 5.48.